The molecule has 1 N–H and O–H groups in total. The third-order valence-corrected chi connectivity index (χ3v) is 2.44. The summed E-state index contributed by atoms with van der Waals surface area (Å²) in [7, 11) is 0. The minimum absolute atomic E-state index is 0.347. The molecule has 0 atom stereocenters. The second-order valence-electron chi connectivity index (χ2n) is 3.47. The molecule has 0 unspecified atom stereocenters. The van der Waals surface area contributed by atoms with Gasteiger partial charge in [-0.05, 0) is 17.7 Å². The largest absolute Gasteiger partial charge is 0.309 e. The Hall–Kier alpha value is -2.16. The van der Waals surface area contributed by atoms with Crippen LogP contribution in [0.25, 0.3) is 0 Å². The van der Waals surface area contributed by atoms with Crippen LogP contribution >= 0.6 is 0 Å². The predicted molar refractivity (Wildman–Crippen MR) is 62.9 cm³/mol. The smallest absolute Gasteiger partial charge is 0.136 e. The van der Waals surface area contributed by atoms with Crippen LogP contribution in [0, 0.1) is 5.41 Å². The first-order chi connectivity index (χ1) is 7.83. The van der Waals surface area contributed by atoms with Crippen molar-refractivity contribution in [2.24, 2.45) is 0 Å². The fourth-order valence-electron chi connectivity index (χ4n) is 1.64. The Balaban J connectivity index is 2.40. The van der Waals surface area contributed by atoms with Crippen LogP contribution in [0.2, 0.25) is 0 Å². The second-order valence-corrected chi connectivity index (χ2v) is 3.47. The molecule has 0 aliphatic heterocycles. The van der Waals surface area contributed by atoms with Crippen molar-refractivity contribution in [2.75, 3.05) is 0 Å². The standard InChI is InChI=1S/C13H12N2O/c14-13(15-8-3-4-9-15)12-6-2-1-5-11(12)7-10-16/h1-6,8-10,14H,7H2. The molecule has 1 heterocycles. The molecule has 80 valence electrons. The Morgan fingerprint density at radius 3 is 2.56 bits per heavy atom. The van der Waals surface area contributed by atoms with Gasteiger partial charge in [-0.15, -0.1) is 0 Å². The number of rotatable bonds is 3. The molecule has 0 aliphatic rings. The number of hydrogen-bond donors (Lipinski definition) is 1. The zero-order valence-electron chi connectivity index (χ0n) is 8.76. The van der Waals surface area contributed by atoms with Gasteiger partial charge in [0.1, 0.15) is 12.1 Å². The van der Waals surface area contributed by atoms with Gasteiger partial charge in [-0.25, -0.2) is 0 Å². The number of nitrogens with one attached hydrogen (secondary N) is 1. The van der Waals surface area contributed by atoms with Crippen LogP contribution in [0.3, 0.4) is 0 Å². The number of aromatic nitrogens is 1. The van der Waals surface area contributed by atoms with Crippen LogP contribution in [0.4, 0.5) is 0 Å². The van der Waals surface area contributed by atoms with E-state index < -0.39 is 0 Å². The van der Waals surface area contributed by atoms with Gasteiger partial charge in [0.15, 0.2) is 0 Å². The maximum Gasteiger partial charge on any atom is 0.136 e. The topological polar surface area (TPSA) is 45.9 Å². The molecule has 16 heavy (non-hydrogen) atoms. The third kappa shape index (κ3) is 1.93. The van der Waals surface area contributed by atoms with E-state index in [1.807, 2.05) is 48.8 Å². The first kappa shape index (κ1) is 10.4. The highest BCUT2D eigenvalue weighted by Crippen LogP contribution is 2.11. The van der Waals surface area contributed by atoms with E-state index in [0.717, 1.165) is 17.4 Å². The van der Waals surface area contributed by atoms with E-state index in [1.165, 1.54) is 0 Å². The molecular weight excluding hydrogens is 200 g/mol. The van der Waals surface area contributed by atoms with Crippen molar-refractivity contribution in [3.63, 3.8) is 0 Å². The number of aldehydes is 1. The molecule has 0 amide bonds. The van der Waals surface area contributed by atoms with E-state index in [0.29, 0.717) is 12.3 Å². The lowest BCUT2D eigenvalue weighted by Gasteiger charge is -2.09. The summed E-state index contributed by atoms with van der Waals surface area (Å²) < 4.78 is 1.73. The molecular formula is C13H12N2O. The van der Waals surface area contributed by atoms with E-state index in [1.54, 1.807) is 4.57 Å². The maximum absolute atomic E-state index is 10.6. The Kier molecular flexibility index (Phi) is 2.96. The van der Waals surface area contributed by atoms with E-state index in [4.69, 9.17) is 5.41 Å². The average molecular weight is 212 g/mol. The number of hydrogen-bond acceptors (Lipinski definition) is 2. The molecule has 3 heteroatoms. The Labute approximate surface area is 93.8 Å². The number of carbonyl (C=O) groups excluding carboxylic acids is 1. The van der Waals surface area contributed by atoms with Gasteiger partial charge >= 0.3 is 0 Å². The van der Waals surface area contributed by atoms with Gasteiger partial charge in [0.25, 0.3) is 0 Å². The summed E-state index contributed by atoms with van der Waals surface area (Å²) >= 11 is 0. The molecule has 2 aromatic rings. The summed E-state index contributed by atoms with van der Waals surface area (Å²) in [6.07, 6.45) is 4.85. The van der Waals surface area contributed by atoms with Crippen LogP contribution in [-0.2, 0) is 11.2 Å². The molecule has 1 aromatic heterocycles. The van der Waals surface area contributed by atoms with E-state index >= 15 is 0 Å². The zero-order chi connectivity index (χ0) is 11.4. The van der Waals surface area contributed by atoms with Crippen molar-refractivity contribution in [2.45, 2.75) is 6.42 Å². The van der Waals surface area contributed by atoms with Crippen molar-refractivity contribution in [1.82, 2.24) is 4.57 Å². The fraction of sp³-hybridized carbons (Fsp3) is 0.0769. The van der Waals surface area contributed by atoms with Gasteiger partial charge in [-0.2, -0.15) is 0 Å². The summed E-state index contributed by atoms with van der Waals surface area (Å²) in [6.45, 7) is 0. The van der Waals surface area contributed by atoms with Gasteiger partial charge in [0, 0.05) is 24.4 Å². The lowest BCUT2D eigenvalue weighted by molar-refractivity contribution is -0.107. The van der Waals surface area contributed by atoms with Crippen molar-refractivity contribution in [3.05, 3.63) is 59.9 Å². The molecule has 0 radical (unpaired) electrons. The monoisotopic (exact) mass is 212 g/mol. The van der Waals surface area contributed by atoms with Crippen molar-refractivity contribution in [3.8, 4) is 0 Å². The third-order valence-electron chi connectivity index (χ3n) is 2.44. The molecule has 2 rings (SSSR count). The highest BCUT2D eigenvalue weighted by molar-refractivity contribution is 5.99. The predicted octanol–water partition coefficient (Wildman–Crippen LogP) is 2.10. The normalized spacial score (nSPS) is 10.0. The van der Waals surface area contributed by atoms with Crippen LogP contribution in [0.15, 0.2) is 48.8 Å². The van der Waals surface area contributed by atoms with Crippen molar-refractivity contribution >= 4 is 12.1 Å². The van der Waals surface area contributed by atoms with Gasteiger partial charge < -0.3 is 9.36 Å². The molecule has 0 aliphatic carbocycles. The van der Waals surface area contributed by atoms with Crippen LogP contribution in [-0.4, -0.2) is 16.7 Å². The van der Waals surface area contributed by atoms with Crippen LogP contribution in [0.1, 0.15) is 11.1 Å². The lowest BCUT2D eigenvalue weighted by atomic mass is 10.0. The molecule has 0 fully saturated rings. The summed E-state index contributed by atoms with van der Waals surface area (Å²) in [5, 5.41) is 8.05. The average Bonchev–Trinajstić information content (AvgIpc) is 2.83. The molecule has 0 saturated heterocycles. The van der Waals surface area contributed by atoms with Gasteiger partial charge in [-0.1, -0.05) is 24.3 Å². The number of carbonyl (C=O) groups is 1. The van der Waals surface area contributed by atoms with Crippen LogP contribution < -0.4 is 0 Å². The first-order valence-corrected chi connectivity index (χ1v) is 5.06. The van der Waals surface area contributed by atoms with Gasteiger partial charge in [0.2, 0.25) is 0 Å². The Morgan fingerprint density at radius 1 is 1.19 bits per heavy atom. The van der Waals surface area contributed by atoms with Crippen molar-refractivity contribution < 1.29 is 4.79 Å². The lowest BCUT2D eigenvalue weighted by Crippen LogP contribution is -2.12. The number of nitrogens with zero attached hydrogens (tertiary/aromatic N) is 1. The highest BCUT2D eigenvalue weighted by atomic mass is 16.1. The van der Waals surface area contributed by atoms with Crippen LogP contribution in [0.5, 0.6) is 0 Å². The SMILES string of the molecule is N=C(c1ccccc1CC=O)n1cccc1. The zero-order valence-corrected chi connectivity index (χ0v) is 8.76. The Bertz CT molecular complexity index is 500. The summed E-state index contributed by atoms with van der Waals surface area (Å²) in [5.74, 6) is 0.391. The molecule has 1 aromatic carbocycles. The second kappa shape index (κ2) is 4.57. The van der Waals surface area contributed by atoms with Gasteiger partial charge in [0.05, 0.1) is 0 Å². The number of benzene rings is 1. The first-order valence-electron chi connectivity index (χ1n) is 5.06. The quantitative estimate of drug-likeness (QED) is 0.472. The van der Waals surface area contributed by atoms with E-state index in [9.17, 15) is 4.79 Å². The van der Waals surface area contributed by atoms with Crippen molar-refractivity contribution in [1.29, 1.82) is 5.41 Å². The fourth-order valence-corrected chi connectivity index (χ4v) is 1.64. The van der Waals surface area contributed by atoms with E-state index in [-0.39, 0.29) is 0 Å². The molecule has 0 bridgehead atoms. The minimum Gasteiger partial charge on any atom is -0.309 e. The molecule has 0 saturated carbocycles. The summed E-state index contributed by atoms with van der Waals surface area (Å²) in [6, 6.07) is 11.2. The Morgan fingerprint density at radius 2 is 1.88 bits per heavy atom. The minimum atomic E-state index is 0.347. The van der Waals surface area contributed by atoms with Gasteiger partial charge in [-0.3, -0.25) is 5.41 Å². The molecule has 0 spiro atoms. The van der Waals surface area contributed by atoms with E-state index in [2.05, 4.69) is 0 Å². The highest BCUT2D eigenvalue weighted by Gasteiger charge is 2.07. The maximum atomic E-state index is 10.6. The summed E-state index contributed by atoms with van der Waals surface area (Å²) in [5.41, 5.74) is 1.68. The molecule has 3 nitrogen and oxygen atoms in total. The summed E-state index contributed by atoms with van der Waals surface area (Å²) in [4.78, 5) is 10.6.